The molecule has 0 spiro atoms. The predicted molar refractivity (Wildman–Crippen MR) is 121 cm³/mol. The van der Waals surface area contributed by atoms with Gasteiger partial charge < -0.3 is 19.3 Å². The van der Waals surface area contributed by atoms with Crippen molar-refractivity contribution in [1.82, 2.24) is 9.88 Å². The number of carbonyl (C=O) groups excluding carboxylic acids is 1. The van der Waals surface area contributed by atoms with Crippen molar-refractivity contribution in [2.24, 2.45) is 0 Å². The summed E-state index contributed by atoms with van der Waals surface area (Å²) in [6.45, 7) is 7.24. The molecule has 1 fully saturated rings. The number of ether oxygens (including phenoxy) is 2. The molecule has 6 nitrogen and oxygen atoms in total. The van der Waals surface area contributed by atoms with Gasteiger partial charge in [0.15, 0.2) is 11.7 Å². The Morgan fingerprint density at radius 2 is 1.83 bits per heavy atom. The fourth-order valence-corrected chi connectivity index (χ4v) is 4.58. The lowest BCUT2D eigenvalue weighted by molar-refractivity contribution is -0.133. The van der Waals surface area contributed by atoms with E-state index in [1.54, 1.807) is 18.4 Å². The first kappa shape index (κ1) is 20.5. The second-order valence-corrected chi connectivity index (χ2v) is 8.69. The Morgan fingerprint density at radius 3 is 2.50 bits per heavy atom. The molecule has 1 saturated heterocycles. The molecular weight excluding hydrogens is 398 g/mol. The van der Waals surface area contributed by atoms with Gasteiger partial charge in [-0.3, -0.25) is 4.79 Å². The molecule has 1 amide bonds. The van der Waals surface area contributed by atoms with E-state index < -0.39 is 0 Å². The summed E-state index contributed by atoms with van der Waals surface area (Å²) in [7, 11) is 1.67. The van der Waals surface area contributed by atoms with Crippen LogP contribution in [0.2, 0.25) is 0 Å². The SMILES string of the molecule is COc1cccc2sc(N3CCN(C(=O)COc4ccc(C(C)C)cc4)CC3)nc12. The van der Waals surface area contributed by atoms with E-state index in [2.05, 4.69) is 36.9 Å². The van der Waals surface area contributed by atoms with Gasteiger partial charge in [0.2, 0.25) is 0 Å². The number of rotatable bonds is 6. The van der Waals surface area contributed by atoms with Gasteiger partial charge in [-0.1, -0.05) is 43.4 Å². The summed E-state index contributed by atoms with van der Waals surface area (Å²) in [6, 6.07) is 13.9. The molecule has 0 N–H and O–H groups in total. The van der Waals surface area contributed by atoms with E-state index in [9.17, 15) is 4.79 Å². The molecule has 1 aromatic heterocycles. The lowest BCUT2D eigenvalue weighted by Crippen LogP contribution is -2.50. The van der Waals surface area contributed by atoms with Crippen molar-refractivity contribution in [3.05, 3.63) is 48.0 Å². The topological polar surface area (TPSA) is 54.9 Å². The number of methoxy groups -OCH3 is 1. The van der Waals surface area contributed by atoms with Gasteiger partial charge in [-0.15, -0.1) is 0 Å². The van der Waals surface area contributed by atoms with Crippen LogP contribution in [0.5, 0.6) is 11.5 Å². The van der Waals surface area contributed by atoms with Crippen LogP contribution in [0, 0.1) is 0 Å². The van der Waals surface area contributed by atoms with Crippen molar-refractivity contribution in [2.45, 2.75) is 19.8 Å². The van der Waals surface area contributed by atoms with Crippen LogP contribution in [0.4, 0.5) is 5.13 Å². The van der Waals surface area contributed by atoms with Gasteiger partial charge >= 0.3 is 0 Å². The molecule has 7 heteroatoms. The monoisotopic (exact) mass is 425 g/mol. The van der Waals surface area contributed by atoms with Gasteiger partial charge in [0.25, 0.3) is 5.91 Å². The molecule has 4 rings (SSSR count). The molecule has 0 bridgehead atoms. The number of carbonyl (C=O) groups is 1. The summed E-state index contributed by atoms with van der Waals surface area (Å²) in [4.78, 5) is 21.4. The quantitative estimate of drug-likeness (QED) is 0.594. The van der Waals surface area contributed by atoms with Crippen molar-refractivity contribution >= 4 is 32.6 Å². The molecule has 3 aromatic rings. The van der Waals surface area contributed by atoms with Crippen molar-refractivity contribution < 1.29 is 14.3 Å². The smallest absolute Gasteiger partial charge is 0.260 e. The number of thiazole rings is 1. The summed E-state index contributed by atoms with van der Waals surface area (Å²) >= 11 is 1.66. The molecule has 1 aliphatic heterocycles. The highest BCUT2D eigenvalue weighted by molar-refractivity contribution is 7.22. The first-order chi connectivity index (χ1) is 14.5. The fraction of sp³-hybridized carbons (Fsp3) is 0.391. The molecular formula is C23H27N3O3S. The van der Waals surface area contributed by atoms with Crippen molar-refractivity contribution in [1.29, 1.82) is 0 Å². The van der Waals surface area contributed by atoms with E-state index in [0.29, 0.717) is 19.0 Å². The number of fused-ring (bicyclic) bond motifs is 1. The Morgan fingerprint density at radius 1 is 1.10 bits per heavy atom. The lowest BCUT2D eigenvalue weighted by atomic mass is 10.0. The number of amides is 1. The molecule has 30 heavy (non-hydrogen) atoms. The highest BCUT2D eigenvalue weighted by atomic mass is 32.1. The summed E-state index contributed by atoms with van der Waals surface area (Å²) in [5.41, 5.74) is 2.16. The van der Waals surface area contributed by atoms with Crippen molar-refractivity contribution in [2.75, 3.05) is 44.8 Å². The van der Waals surface area contributed by atoms with E-state index in [1.165, 1.54) is 5.56 Å². The molecule has 1 aliphatic rings. The molecule has 2 heterocycles. The molecule has 158 valence electrons. The Bertz CT molecular complexity index is 1010. The third-order valence-electron chi connectivity index (χ3n) is 5.40. The average molecular weight is 426 g/mol. The Balaban J connectivity index is 1.31. The maximum absolute atomic E-state index is 12.6. The molecule has 0 aliphatic carbocycles. The van der Waals surface area contributed by atoms with Gasteiger partial charge in [0.05, 0.1) is 11.8 Å². The number of nitrogens with zero attached hydrogens (tertiary/aromatic N) is 3. The van der Waals surface area contributed by atoms with E-state index in [0.717, 1.165) is 39.9 Å². The first-order valence-corrected chi connectivity index (χ1v) is 11.1. The van der Waals surface area contributed by atoms with E-state index >= 15 is 0 Å². The number of hydrogen-bond donors (Lipinski definition) is 0. The third kappa shape index (κ3) is 4.36. The lowest BCUT2D eigenvalue weighted by Gasteiger charge is -2.34. The highest BCUT2D eigenvalue weighted by Crippen LogP contribution is 2.34. The van der Waals surface area contributed by atoms with Crippen molar-refractivity contribution in [3.63, 3.8) is 0 Å². The minimum atomic E-state index is 0.0218. The largest absolute Gasteiger partial charge is 0.494 e. The van der Waals surface area contributed by atoms with E-state index in [-0.39, 0.29) is 12.5 Å². The van der Waals surface area contributed by atoms with Crippen LogP contribution in [-0.4, -0.2) is 55.7 Å². The van der Waals surface area contributed by atoms with Crippen LogP contribution >= 0.6 is 11.3 Å². The number of benzene rings is 2. The summed E-state index contributed by atoms with van der Waals surface area (Å²) in [5, 5.41) is 0.975. The van der Waals surface area contributed by atoms with Gasteiger partial charge in [0, 0.05) is 26.2 Å². The summed E-state index contributed by atoms with van der Waals surface area (Å²) < 4.78 is 12.2. The van der Waals surface area contributed by atoms with Crippen LogP contribution in [0.25, 0.3) is 10.2 Å². The Labute approximate surface area is 181 Å². The van der Waals surface area contributed by atoms with E-state index in [4.69, 9.17) is 14.5 Å². The number of piperazine rings is 1. The molecule has 0 radical (unpaired) electrons. The number of anilines is 1. The van der Waals surface area contributed by atoms with Crippen LogP contribution in [0.15, 0.2) is 42.5 Å². The normalized spacial score (nSPS) is 14.4. The zero-order chi connectivity index (χ0) is 21.1. The summed E-state index contributed by atoms with van der Waals surface area (Å²) in [5.74, 6) is 2.03. The first-order valence-electron chi connectivity index (χ1n) is 10.2. The second-order valence-electron chi connectivity index (χ2n) is 7.68. The zero-order valence-corrected chi connectivity index (χ0v) is 18.4. The van der Waals surface area contributed by atoms with E-state index in [1.807, 2.05) is 29.2 Å². The Kier molecular flexibility index (Phi) is 6.08. The molecule has 2 aromatic carbocycles. The van der Waals surface area contributed by atoms with Crippen LogP contribution in [0.3, 0.4) is 0 Å². The zero-order valence-electron chi connectivity index (χ0n) is 17.6. The maximum atomic E-state index is 12.6. The van der Waals surface area contributed by atoms with Gasteiger partial charge in [-0.2, -0.15) is 0 Å². The number of para-hydroxylation sites is 1. The van der Waals surface area contributed by atoms with Crippen LogP contribution < -0.4 is 14.4 Å². The molecule has 0 saturated carbocycles. The standard InChI is InChI=1S/C23H27N3O3S/c1-16(2)17-7-9-18(10-8-17)29-15-21(27)25-11-13-26(14-12-25)23-24-22-19(28-3)5-4-6-20(22)30-23/h4-10,16H,11-15H2,1-3H3. The van der Waals surface area contributed by atoms with Crippen LogP contribution in [-0.2, 0) is 4.79 Å². The van der Waals surface area contributed by atoms with Crippen LogP contribution in [0.1, 0.15) is 25.3 Å². The van der Waals surface area contributed by atoms with Gasteiger partial charge in [0.1, 0.15) is 17.0 Å². The predicted octanol–water partition coefficient (Wildman–Crippen LogP) is 4.16. The molecule has 0 atom stereocenters. The minimum absolute atomic E-state index is 0.0218. The summed E-state index contributed by atoms with van der Waals surface area (Å²) in [6.07, 6.45) is 0. The Hall–Kier alpha value is -2.80. The van der Waals surface area contributed by atoms with Crippen molar-refractivity contribution in [3.8, 4) is 11.5 Å². The van der Waals surface area contributed by atoms with Gasteiger partial charge in [-0.05, 0) is 35.7 Å². The average Bonchev–Trinajstić information content (AvgIpc) is 3.22. The minimum Gasteiger partial charge on any atom is -0.494 e. The number of aromatic nitrogens is 1. The molecule has 0 unspecified atom stereocenters. The third-order valence-corrected chi connectivity index (χ3v) is 6.48. The second kappa shape index (κ2) is 8.92. The maximum Gasteiger partial charge on any atom is 0.260 e. The fourth-order valence-electron chi connectivity index (χ4n) is 3.54. The highest BCUT2D eigenvalue weighted by Gasteiger charge is 2.24. The number of hydrogen-bond acceptors (Lipinski definition) is 6. The van der Waals surface area contributed by atoms with Gasteiger partial charge in [-0.25, -0.2) is 4.98 Å².